The van der Waals surface area contributed by atoms with Crippen molar-refractivity contribution in [2.75, 3.05) is 19.4 Å². The first-order chi connectivity index (χ1) is 17.9. The van der Waals surface area contributed by atoms with E-state index < -0.39 is 0 Å². The van der Waals surface area contributed by atoms with Gasteiger partial charge in [0, 0.05) is 60.0 Å². The summed E-state index contributed by atoms with van der Waals surface area (Å²) in [6, 6.07) is 15.7. The number of hydrogen-bond acceptors (Lipinski definition) is 6. The van der Waals surface area contributed by atoms with E-state index in [9.17, 15) is 4.79 Å². The van der Waals surface area contributed by atoms with Crippen molar-refractivity contribution >= 4 is 39.1 Å². The van der Waals surface area contributed by atoms with Crippen LogP contribution in [0.5, 0.6) is 0 Å². The fourth-order valence-electron chi connectivity index (χ4n) is 4.22. The van der Waals surface area contributed by atoms with Crippen LogP contribution in [0.1, 0.15) is 30.8 Å². The number of nitrogens with one attached hydrogen (secondary N) is 3. The molecule has 186 valence electrons. The molecule has 3 N–H and O–H groups in total. The summed E-state index contributed by atoms with van der Waals surface area (Å²) in [5, 5.41) is 12.3. The molecule has 0 fully saturated rings. The first kappa shape index (κ1) is 24.0. The smallest absolute Gasteiger partial charge is 0.183 e. The highest BCUT2D eigenvalue weighted by molar-refractivity contribution is 6.01. The second kappa shape index (κ2) is 10.1. The largest absolute Gasteiger partial charge is 0.381 e. The van der Waals surface area contributed by atoms with E-state index in [0.717, 1.165) is 44.3 Å². The molecule has 3 heterocycles. The minimum atomic E-state index is 0.0455. The first-order valence-corrected chi connectivity index (χ1v) is 12.1. The Kier molecular flexibility index (Phi) is 6.55. The number of aromatic amines is 2. The average molecular weight is 492 g/mol. The standard InChI is InChI=1S/C29H29N7O/c1-5-6-19(18(2)36(3)4)16-27(37)26-14-20-7-8-21(15-25(20)33-26)29-30-12-11-28(34-29)32-23-9-10-24-22(13-23)17-31-35-24/h5-15,17,33H,16H2,1-4H3,(H,31,35)(H,30,32,34)/b6-5-,19-18-. The van der Waals surface area contributed by atoms with Crippen molar-refractivity contribution in [3.8, 4) is 11.4 Å². The van der Waals surface area contributed by atoms with Gasteiger partial charge in [-0.2, -0.15) is 5.10 Å². The van der Waals surface area contributed by atoms with Crippen LogP contribution >= 0.6 is 0 Å². The van der Waals surface area contributed by atoms with Gasteiger partial charge in [0.1, 0.15) is 5.82 Å². The Morgan fingerprint density at radius 2 is 1.92 bits per heavy atom. The molecule has 0 amide bonds. The third-order valence-corrected chi connectivity index (χ3v) is 6.40. The van der Waals surface area contributed by atoms with Crippen molar-refractivity contribution in [2.24, 2.45) is 0 Å². The molecular formula is C29H29N7O. The molecule has 37 heavy (non-hydrogen) atoms. The van der Waals surface area contributed by atoms with E-state index in [1.165, 1.54) is 0 Å². The summed E-state index contributed by atoms with van der Waals surface area (Å²) in [6.07, 6.45) is 7.82. The van der Waals surface area contributed by atoms with Gasteiger partial charge in [-0.1, -0.05) is 24.3 Å². The Balaban J connectivity index is 1.38. The number of hydrogen-bond donors (Lipinski definition) is 3. The van der Waals surface area contributed by atoms with Gasteiger partial charge in [0.25, 0.3) is 0 Å². The van der Waals surface area contributed by atoms with Crippen LogP contribution in [0.2, 0.25) is 0 Å². The van der Waals surface area contributed by atoms with Crippen molar-refractivity contribution in [1.82, 2.24) is 30.0 Å². The van der Waals surface area contributed by atoms with Crippen molar-refractivity contribution in [1.29, 1.82) is 0 Å². The van der Waals surface area contributed by atoms with Crippen LogP contribution in [0.25, 0.3) is 33.2 Å². The lowest BCUT2D eigenvalue weighted by molar-refractivity contribution is 0.0989. The molecular weight excluding hydrogens is 462 g/mol. The first-order valence-electron chi connectivity index (χ1n) is 12.1. The lowest BCUT2D eigenvalue weighted by Crippen LogP contribution is -2.12. The summed E-state index contributed by atoms with van der Waals surface area (Å²) < 4.78 is 0. The van der Waals surface area contributed by atoms with E-state index in [0.29, 0.717) is 23.8 Å². The number of Topliss-reactive ketones (excluding diaryl/α,β-unsaturated/α-hetero) is 1. The summed E-state index contributed by atoms with van der Waals surface area (Å²) in [6.45, 7) is 3.99. The Hall–Kier alpha value is -4.72. The maximum absolute atomic E-state index is 13.1. The van der Waals surface area contributed by atoms with E-state index in [2.05, 4.69) is 25.5 Å². The Bertz CT molecular complexity index is 1660. The van der Waals surface area contributed by atoms with Gasteiger partial charge in [0.2, 0.25) is 0 Å². The Morgan fingerprint density at radius 1 is 1.05 bits per heavy atom. The SMILES string of the molecule is C/C=C\C(CC(=O)c1cc2ccc(-c3nccc(Nc4ccc5[nH]ncc5c4)n3)cc2[nH]1)=C(/C)N(C)C. The van der Waals surface area contributed by atoms with Crippen molar-refractivity contribution < 1.29 is 4.79 Å². The number of carbonyl (C=O) groups is 1. The molecule has 0 aliphatic carbocycles. The fraction of sp³-hybridized carbons (Fsp3) is 0.172. The second-order valence-corrected chi connectivity index (χ2v) is 9.15. The van der Waals surface area contributed by atoms with Crippen LogP contribution in [-0.4, -0.2) is 49.9 Å². The zero-order valence-corrected chi connectivity index (χ0v) is 21.3. The van der Waals surface area contributed by atoms with Gasteiger partial charge < -0.3 is 15.2 Å². The van der Waals surface area contributed by atoms with Crippen molar-refractivity contribution in [3.63, 3.8) is 0 Å². The third-order valence-electron chi connectivity index (χ3n) is 6.40. The minimum Gasteiger partial charge on any atom is -0.381 e. The summed E-state index contributed by atoms with van der Waals surface area (Å²) in [4.78, 5) is 27.6. The molecule has 0 atom stereocenters. The molecule has 5 aromatic rings. The topological polar surface area (TPSA) is 103 Å². The number of rotatable bonds is 8. The zero-order chi connectivity index (χ0) is 25.9. The molecule has 0 unspecified atom stereocenters. The number of allylic oxidation sites excluding steroid dienone is 4. The number of nitrogens with zero attached hydrogens (tertiary/aromatic N) is 4. The summed E-state index contributed by atoms with van der Waals surface area (Å²) in [7, 11) is 3.97. The zero-order valence-electron chi connectivity index (χ0n) is 21.3. The van der Waals surface area contributed by atoms with Crippen molar-refractivity contribution in [2.45, 2.75) is 20.3 Å². The van der Waals surface area contributed by atoms with Gasteiger partial charge in [0.05, 0.1) is 17.4 Å². The van der Waals surface area contributed by atoms with Gasteiger partial charge in [-0.05, 0) is 55.8 Å². The van der Waals surface area contributed by atoms with Crippen LogP contribution in [0.15, 0.2) is 84.3 Å². The molecule has 0 aliphatic rings. The van der Waals surface area contributed by atoms with Crippen molar-refractivity contribution in [3.05, 3.63) is 90.0 Å². The number of carbonyl (C=O) groups excluding carboxylic acids is 1. The highest BCUT2D eigenvalue weighted by Gasteiger charge is 2.14. The summed E-state index contributed by atoms with van der Waals surface area (Å²) in [5.41, 5.74) is 6.29. The molecule has 0 aliphatic heterocycles. The average Bonchev–Trinajstić information content (AvgIpc) is 3.54. The number of fused-ring (bicyclic) bond motifs is 2. The maximum atomic E-state index is 13.1. The van der Waals surface area contributed by atoms with Crippen LogP contribution < -0.4 is 5.32 Å². The molecule has 3 aromatic heterocycles. The monoisotopic (exact) mass is 491 g/mol. The third kappa shape index (κ3) is 5.13. The normalized spacial score (nSPS) is 12.3. The molecule has 8 nitrogen and oxygen atoms in total. The minimum absolute atomic E-state index is 0.0455. The number of H-pyrrole nitrogens is 2. The fourth-order valence-corrected chi connectivity index (χ4v) is 4.22. The highest BCUT2D eigenvalue weighted by atomic mass is 16.1. The Morgan fingerprint density at radius 3 is 2.73 bits per heavy atom. The molecule has 8 heteroatoms. The number of ketones is 1. The molecule has 2 aromatic carbocycles. The van der Waals surface area contributed by atoms with E-state index >= 15 is 0 Å². The molecule has 0 radical (unpaired) electrons. The highest BCUT2D eigenvalue weighted by Crippen LogP contribution is 2.26. The van der Waals surface area contributed by atoms with E-state index in [1.807, 2.05) is 93.5 Å². The maximum Gasteiger partial charge on any atom is 0.183 e. The van der Waals surface area contributed by atoms with E-state index in [1.54, 1.807) is 12.4 Å². The quantitative estimate of drug-likeness (QED) is 0.176. The predicted octanol–water partition coefficient (Wildman–Crippen LogP) is 6.23. The molecule has 5 rings (SSSR count). The van der Waals surface area contributed by atoms with Gasteiger partial charge in [0.15, 0.2) is 11.6 Å². The number of anilines is 2. The summed E-state index contributed by atoms with van der Waals surface area (Å²) >= 11 is 0. The second-order valence-electron chi connectivity index (χ2n) is 9.15. The van der Waals surface area contributed by atoms with E-state index in [-0.39, 0.29) is 5.78 Å². The van der Waals surface area contributed by atoms with Gasteiger partial charge >= 0.3 is 0 Å². The number of aromatic nitrogens is 5. The Labute approximate surface area is 215 Å². The van der Waals surface area contributed by atoms with Gasteiger partial charge in [-0.3, -0.25) is 9.89 Å². The van der Waals surface area contributed by atoms with Crippen LogP contribution in [0.3, 0.4) is 0 Å². The van der Waals surface area contributed by atoms with Gasteiger partial charge in [-0.15, -0.1) is 0 Å². The van der Waals surface area contributed by atoms with E-state index in [4.69, 9.17) is 4.98 Å². The molecule has 0 saturated carbocycles. The molecule has 0 spiro atoms. The van der Waals surface area contributed by atoms with Crippen LogP contribution in [0, 0.1) is 0 Å². The van der Waals surface area contributed by atoms with Gasteiger partial charge in [-0.25, -0.2) is 9.97 Å². The lowest BCUT2D eigenvalue weighted by Gasteiger charge is -2.16. The lowest BCUT2D eigenvalue weighted by atomic mass is 10.0. The van der Waals surface area contributed by atoms with Crippen LogP contribution in [0.4, 0.5) is 11.5 Å². The predicted molar refractivity (Wildman–Crippen MR) is 149 cm³/mol. The summed E-state index contributed by atoms with van der Waals surface area (Å²) in [5.74, 6) is 1.33. The molecule has 0 bridgehead atoms. The number of benzene rings is 2. The van der Waals surface area contributed by atoms with Crippen LogP contribution in [-0.2, 0) is 0 Å². The molecule has 0 saturated heterocycles.